The summed E-state index contributed by atoms with van der Waals surface area (Å²) in [6.45, 7) is 3.27. The predicted octanol–water partition coefficient (Wildman–Crippen LogP) is 5.00. The highest BCUT2D eigenvalue weighted by Crippen LogP contribution is 2.36. The number of nitrogens with zero attached hydrogens (tertiary/aromatic N) is 2. The maximum atomic E-state index is 15.4. The number of hydrogen-bond acceptors (Lipinski definition) is 6. The first-order valence-electron chi connectivity index (χ1n) is 12.2. The fraction of sp³-hybridized carbons (Fsp3) is 0.276. The maximum absolute atomic E-state index is 15.4. The van der Waals surface area contributed by atoms with Crippen molar-refractivity contribution in [2.75, 3.05) is 13.7 Å². The van der Waals surface area contributed by atoms with Crippen LogP contribution in [0, 0.1) is 18.6 Å². The standard InChI is InChI=1S/C29H27F4N3O4/c1-15-9-17-10-18(11-21(40-4)24(17)34-13-15)26(37)35-14-29(39,27(32)33)22-12-20(28(2,3)38)23(31)25(36-22)16-5-7-19(30)8-6-16/h5-13,27,38-39H,14H2,1-4H3,(H,35,37)/t29-/m0/s1. The summed E-state index contributed by atoms with van der Waals surface area (Å²) >= 11 is 0. The summed E-state index contributed by atoms with van der Waals surface area (Å²) in [5, 5.41) is 24.6. The Labute approximate surface area is 227 Å². The number of rotatable bonds is 8. The topological polar surface area (TPSA) is 105 Å². The minimum Gasteiger partial charge on any atom is -0.494 e. The third-order valence-corrected chi connectivity index (χ3v) is 6.42. The Kier molecular flexibility index (Phi) is 7.82. The number of amides is 1. The van der Waals surface area contributed by atoms with Gasteiger partial charge in [-0.25, -0.2) is 22.5 Å². The lowest BCUT2D eigenvalue weighted by molar-refractivity contribution is -0.101. The van der Waals surface area contributed by atoms with Crippen LogP contribution in [-0.4, -0.2) is 46.2 Å². The minimum atomic E-state index is -3.49. The highest BCUT2D eigenvalue weighted by atomic mass is 19.3. The Balaban J connectivity index is 1.75. The van der Waals surface area contributed by atoms with Gasteiger partial charge in [0.05, 0.1) is 24.9 Å². The van der Waals surface area contributed by atoms with Crippen LogP contribution in [0.3, 0.4) is 0 Å². The van der Waals surface area contributed by atoms with Crippen LogP contribution in [0.25, 0.3) is 22.2 Å². The lowest BCUT2D eigenvalue weighted by Gasteiger charge is -2.30. The van der Waals surface area contributed by atoms with Gasteiger partial charge in [-0.3, -0.25) is 9.78 Å². The Morgan fingerprint density at radius 1 is 1.07 bits per heavy atom. The van der Waals surface area contributed by atoms with Gasteiger partial charge in [0.25, 0.3) is 12.3 Å². The number of alkyl halides is 2. The quantitative estimate of drug-likeness (QED) is 0.264. The SMILES string of the molecule is COc1cc(C(=O)NC[C@](O)(c2cc(C(C)(C)O)c(F)c(-c3ccc(F)cc3)n2)C(F)F)cc2cc(C)cnc12. The van der Waals surface area contributed by atoms with Gasteiger partial charge in [-0.1, -0.05) is 0 Å². The van der Waals surface area contributed by atoms with Crippen molar-refractivity contribution in [3.8, 4) is 17.0 Å². The number of aryl methyl sites for hydroxylation is 1. The van der Waals surface area contributed by atoms with Gasteiger partial charge in [0.15, 0.2) is 11.4 Å². The number of benzene rings is 2. The van der Waals surface area contributed by atoms with E-state index in [0.717, 1.165) is 23.8 Å². The van der Waals surface area contributed by atoms with Gasteiger partial charge in [-0.05, 0) is 74.9 Å². The average Bonchev–Trinajstić information content (AvgIpc) is 2.90. The van der Waals surface area contributed by atoms with Crippen molar-refractivity contribution >= 4 is 16.8 Å². The van der Waals surface area contributed by atoms with Crippen molar-refractivity contribution in [2.24, 2.45) is 0 Å². The summed E-state index contributed by atoms with van der Waals surface area (Å²) in [6, 6.07) is 9.92. The molecule has 2 aromatic heterocycles. The summed E-state index contributed by atoms with van der Waals surface area (Å²) < 4.78 is 63.1. The molecule has 0 aliphatic heterocycles. The van der Waals surface area contributed by atoms with Gasteiger partial charge in [-0.15, -0.1) is 0 Å². The second-order valence-corrected chi connectivity index (χ2v) is 9.95. The van der Waals surface area contributed by atoms with E-state index >= 15 is 4.39 Å². The molecule has 2 heterocycles. The second kappa shape index (κ2) is 10.8. The van der Waals surface area contributed by atoms with E-state index in [1.807, 2.05) is 6.92 Å². The number of nitrogens with one attached hydrogen (secondary N) is 1. The van der Waals surface area contributed by atoms with E-state index in [1.165, 1.54) is 45.2 Å². The number of hydrogen-bond donors (Lipinski definition) is 3. The van der Waals surface area contributed by atoms with Crippen LogP contribution >= 0.6 is 0 Å². The average molecular weight is 558 g/mol. The molecule has 210 valence electrons. The summed E-state index contributed by atoms with van der Waals surface area (Å²) in [5.41, 5.74) is -5.15. The van der Waals surface area contributed by atoms with Gasteiger partial charge >= 0.3 is 0 Å². The maximum Gasteiger partial charge on any atom is 0.274 e. The van der Waals surface area contributed by atoms with Crippen molar-refractivity contribution in [2.45, 2.75) is 38.4 Å². The molecule has 7 nitrogen and oxygen atoms in total. The number of halogens is 4. The summed E-state index contributed by atoms with van der Waals surface area (Å²) in [6.07, 6.45) is -1.86. The van der Waals surface area contributed by atoms with E-state index < -0.39 is 58.7 Å². The third-order valence-electron chi connectivity index (χ3n) is 6.42. The number of carbonyl (C=O) groups is 1. The number of carbonyl (C=O) groups excluding carboxylic acids is 1. The minimum absolute atomic E-state index is 0.0269. The predicted molar refractivity (Wildman–Crippen MR) is 140 cm³/mol. The smallest absolute Gasteiger partial charge is 0.274 e. The molecule has 11 heteroatoms. The van der Waals surface area contributed by atoms with E-state index in [2.05, 4.69) is 15.3 Å². The molecule has 0 fully saturated rings. The van der Waals surface area contributed by atoms with Crippen molar-refractivity contribution in [1.29, 1.82) is 0 Å². The van der Waals surface area contributed by atoms with Crippen LogP contribution < -0.4 is 10.1 Å². The third kappa shape index (κ3) is 5.61. The molecule has 0 saturated carbocycles. The Bertz CT molecular complexity index is 1570. The van der Waals surface area contributed by atoms with Crippen molar-refractivity contribution in [3.05, 3.63) is 88.7 Å². The molecule has 2 aromatic carbocycles. The lowest BCUT2D eigenvalue weighted by Crippen LogP contribution is -2.47. The number of fused-ring (bicyclic) bond motifs is 1. The zero-order valence-electron chi connectivity index (χ0n) is 22.1. The largest absolute Gasteiger partial charge is 0.494 e. The van der Waals surface area contributed by atoms with Gasteiger partial charge in [0.1, 0.15) is 22.8 Å². The van der Waals surface area contributed by atoms with E-state index in [4.69, 9.17) is 4.74 Å². The molecule has 0 radical (unpaired) electrons. The lowest BCUT2D eigenvalue weighted by atomic mass is 9.90. The van der Waals surface area contributed by atoms with Crippen LogP contribution in [0.5, 0.6) is 5.75 Å². The van der Waals surface area contributed by atoms with E-state index in [9.17, 15) is 28.2 Å². The number of methoxy groups -OCH3 is 1. The van der Waals surface area contributed by atoms with Gasteiger partial charge in [-0.2, -0.15) is 0 Å². The molecule has 0 unspecified atom stereocenters. The monoisotopic (exact) mass is 557 g/mol. The molecule has 0 aliphatic rings. The zero-order chi connectivity index (χ0) is 29.4. The van der Waals surface area contributed by atoms with Crippen molar-refractivity contribution in [1.82, 2.24) is 15.3 Å². The van der Waals surface area contributed by atoms with Crippen molar-refractivity contribution < 1.29 is 37.3 Å². The first-order valence-corrected chi connectivity index (χ1v) is 12.2. The zero-order valence-corrected chi connectivity index (χ0v) is 22.1. The van der Waals surface area contributed by atoms with Crippen molar-refractivity contribution in [3.63, 3.8) is 0 Å². The highest BCUT2D eigenvalue weighted by molar-refractivity contribution is 6.00. The van der Waals surface area contributed by atoms with Crippen LogP contribution in [0.1, 0.15) is 41.0 Å². The molecule has 3 N–H and O–H groups in total. The molecule has 0 aliphatic carbocycles. The molecule has 1 amide bonds. The van der Waals surface area contributed by atoms with Crippen LogP contribution in [0.2, 0.25) is 0 Å². The highest BCUT2D eigenvalue weighted by Gasteiger charge is 2.43. The second-order valence-electron chi connectivity index (χ2n) is 9.95. The number of aliphatic hydroxyl groups is 2. The number of ether oxygens (including phenoxy) is 1. The summed E-state index contributed by atoms with van der Waals surface area (Å²) in [4.78, 5) is 21.3. The summed E-state index contributed by atoms with van der Waals surface area (Å²) in [5.74, 6) is -2.17. The van der Waals surface area contributed by atoms with E-state index in [1.54, 1.807) is 12.3 Å². The molecule has 4 aromatic rings. The molecule has 0 spiro atoms. The Hall–Kier alpha value is -4.09. The fourth-order valence-corrected chi connectivity index (χ4v) is 4.21. The van der Waals surface area contributed by atoms with E-state index in [0.29, 0.717) is 10.9 Å². The fourth-order valence-electron chi connectivity index (χ4n) is 4.21. The molecule has 0 bridgehead atoms. The molecule has 0 saturated heterocycles. The molecular weight excluding hydrogens is 530 g/mol. The Morgan fingerprint density at radius 3 is 2.35 bits per heavy atom. The van der Waals surface area contributed by atoms with Crippen LogP contribution in [-0.2, 0) is 11.2 Å². The first-order chi connectivity index (χ1) is 18.7. The Morgan fingerprint density at radius 2 is 1.75 bits per heavy atom. The van der Waals surface area contributed by atoms with Gasteiger partial charge in [0.2, 0.25) is 0 Å². The number of aromatic nitrogens is 2. The summed E-state index contributed by atoms with van der Waals surface area (Å²) in [7, 11) is 1.40. The molecule has 40 heavy (non-hydrogen) atoms. The van der Waals surface area contributed by atoms with Crippen LogP contribution in [0.4, 0.5) is 17.6 Å². The van der Waals surface area contributed by atoms with Gasteiger partial charge < -0.3 is 20.3 Å². The molecular formula is C29H27F4N3O4. The normalized spacial score (nSPS) is 13.4. The first kappa shape index (κ1) is 28.9. The molecule has 1 atom stereocenters. The van der Waals surface area contributed by atoms with Gasteiger partial charge in [0, 0.05) is 28.3 Å². The van der Waals surface area contributed by atoms with E-state index in [-0.39, 0.29) is 16.9 Å². The molecule has 4 rings (SSSR count). The number of pyridine rings is 2. The van der Waals surface area contributed by atoms with Crippen LogP contribution in [0.15, 0.2) is 54.7 Å².